The minimum Gasteiger partial charge on any atom is -0.385 e. The molecule has 26 heavy (non-hydrogen) atoms. The summed E-state index contributed by atoms with van der Waals surface area (Å²) in [5.41, 5.74) is 0. The van der Waals surface area contributed by atoms with Crippen LogP contribution in [0.5, 0.6) is 0 Å². The summed E-state index contributed by atoms with van der Waals surface area (Å²) >= 11 is 5.87. The van der Waals surface area contributed by atoms with Crippen LogP contribution >= 0.6 is 11.6 Å². The number of nitrogens with zero attached hydrogens (tertiary/aromatic N) is 1. The first kappa shape index (κ1) is 21.2. The second kappa shape index (κ2) is 10.3. The molecule has 1 saturated carbocycles. The van der Waals surface area contributed by atoms with Crippen LogP contribution in [-0.4, -0.2) is 51.5 Å². The van der Waals surface area contributed by atoms with E-state index < -0.39 is 10.0 Å². The van der Waals surface area contributed by atoms with Gasteiger partial charge in [-0.15, -0.1) is 0 Å². The third-order valence-electron chi connectivity index (χ3n) is 4.55. The minimum atomic E-state index is -3.76. The molecule has 0 saturated heterocycles. The number of ether oxygens (including phenoxy) is 1. The van der Waals surface area contributed by atoms with Crippen molar-refractivity contribution in [3.8, 4) is 0 Å². The van der Waals surface area contributed by atoms with Crippen molar-refractivity contribution < 1.29 is 17.9 Å². The van der Waals surface area contributed by atoms with Crippen LogP contribution in [-0.2, 0) is 19.6 Å². The molecule has 0 heterocycles. The van der Waals surface area contributed by atoms with Gasteiger partial charge in [0.1, 0.15) is 0 Å². The molecule has 2 rings (SSSR count). The number of hydrogen-bond acceptors (Lipinski definition) is 4. The highest BCUT2D eigenvalue weighted by atomic mass is 35.5. The first-order chi connectivity index (χ1) is 12.4. The van der Waals surface area contributed by atoms with Crippen LogP contribution < -0.4 is 5.32 Å². The van der Waals surface area contributed by atoms with E-state index in [1.165, 1.54) is 16.4 Å². The van der Waals surface area contributed by atoms with Gasteiger partial charge in [-0.1, -0.05) is 30.9 Å². The second-order valence-electron chi connectivity index (χ2n) is 6.49. The molecule has 146 valence electrons. The molecular weight excluding hydrogens is 376 g/mol. The molecule has 0 radical (unpaired) electrons. The first-order valence-corrected chi connectivity index (χ1v) is 10.8. The van der Waals surface area contributed by atoms with Crippen LogP contribution in [0.1, 0.15) is 38.5 Å². The average Bonchev–Trinajstić information content (AvgIpc) is 2.64. The lowest BCUT2D eigenvalue weighted by atomic mass is 9.95. The van der Waals surface area contributed by atoms with Gasteiger partial charge in [-0.05, 0) is 43.5 Å². The molecule has 1 fully saturated rings. The molecular formula is C18H27ClN2O4S. The summed E-state index contributed by atoms with van der Waals surface area (Å²) in [6, 6.07) is 5.94. The predicted octanol–water partition coefficient (Wildman–Crippen LogP) is 2.82. The Morgan fingerprint density at radius 1 is 1.23 bits per heavy atom. The third kappa shape index (κ3) is 5.94. The number of halogens is 1. The Bertz CT molecular complexity index is 673. The fraction of sp³-hybridized carbons (Fsp3) is 0.611. The van der Waals surface area contributed by atoms with Gasteiger partial charge in [0.25, 0.3) is 0 Å². The molecule has 1 aromatic carbocycles. The number of sulfonamides is 1. The Kier molecular flexibility index (Phi) is 8.34. The van der Waals surface area contributed by atoms with Crippen LogP contribution in [0, 0.1) is 0 Å². The van der Waals surface area contributed by atoms with E-state index in [1.807, 2.05) is 0 Å². The highest BCUT2D eigenvalue weighted by molar-refractivity contribution is 7.89. The van der Waals surface area contributed by atoms with Gasteiger partial charge in [-0.25, -0.2) is 8.42 Å². The van der Waals surface area contributed by atoms with Crippen molar-refractivity contribution in [1.29, 1.82) is 0 Å². The summed E-state index contributed by atoms with van der Waals surface area (Å²) in [4.78, 5) is 12.5. The number of carbonyl (C=O) groups excluding carboxylic acids is 1. The van der Waals surface area contributed by atoms with E-state index in [0.29, 0.717) is 24.6 Å². The molecule has 1 aliphatic rings. The SMILES string of the molecule is COCCCNC(=O)CN(C1CCCCC1)S(=O)(=O)c1ccc(Cl)cc1. The van der Waals surface area contributed by atoms with E-state index in [9.17, 15) is 13.2 Å². The van der Waals surface area contributed by atoms with Crippen molar-refractivity contribution in [1.82, 2.24) is 9.62 Å². The van der Waals surface area contributed by atoms with Gasteiger partial charge >= 0.3 is 0 Å². The summed E-state index contributed by atoms with van der Waals surface area (Å²) in [5.74, 6) is -0.288. The number of rotatable bonds is 9. The number of amides is 1. The zero-order chi connectivity index (χ0) is 19.0. The molecule has 1 N–H and O–H groups in total. The normalized spacial score (nSPS) is 16.0. The van der Waals surface area contributed by atoms with Gasteiger partial charge in [0.05, 0.1) is 11.4 Å². The molecule has 0 atom stereocenters. The van der Waals surface area contributed by atoms with E-state index in [4.69, 9.17) is 16.3 Å². The summed E-state index contributed by atoms with van der Waals surface area (Å²) in [7, 11) is -2.16. The highest BCUT2D eigenvalue weighted by Gasteiger charge is 2.33. The Hall–Kier alpha value is -1.15. The maximum absolute atomic E-state index is 13.1. The lowest BCUT2D eigenvalue weighted by Gasteiger charge is -2.33. The number of nitrogens with one attached hydrogen (secondary N) is 1. The number of hydrogen-bond donors (Lipinski definition) is 1. The van der Waals surface area contributed by atoms with Crippen LogP contribution in [0.15, 0.2) is 29.2 Å². The van der Waals surface area contributed by atoms with Crippen LogP contribution in [0.25, 0.3) is 0 Å². The Balaban J connectivity index is 2.14. The fourth-order valence-electron chi connectivity index (χ4n) is 3.16. The molecule has 0 unspecified atom stereocenters. The molecule has 0 aliphatic heterocycles. The summed E-state index contributed by atoms with van der Waals surface area (Å²) in [6.45, 7) is 0.852. The Morgan fingerprint density at radius 3 is 2.50 bits per heavy atom. The molecule has 1 aromatic rings. The number of benzene rings is 1. The molecule has 1 aliphatic carbocycles. The van der Waals surface area contributed by atoms with Gasteiger partial charge in [-0.3, -0.25) is 4.79 Å². The maximum atomic E-state index is 13.1. The second-order valence-corrected chi connectivity index (χ2v) is 8.82. The lowest BCUT2D eigenvalue weighted by molar-refractivity contribution is -0.121. The zero-order valence-corrected chi connectivity index (χ0v) is 16.7. The predicted molar refractivity (Wildman–Crippen MR) is 102 cm³/mol. The third-order valence-corrected chi connectivity index (χ3v) is 6.71. The van der Waals surface area contributed by atoms with Crippen LogP contribution in [0.3, 0.4) is 0 Å². The lowest BCUT2D eigenvalue weighted by Crippen LogP contribution is -2.47. The van der Waals surface area contributed by atoms with E-state index in [1.54, 1.807) is 19.2 Å². The number of carbonyl (C=O) groups is 1. The highest BCUT2D eigenvalue weighted by Crippen LogP contribution is 2.28. The smallest absolute Gasteiger partial charge is 0.243 e. The van der Waals surface area contributed by atoms with E-state index in [2.05, 4.69) is 5.32 Å². The topological polar surface area (TPSA) is 75.7 Å². The summed E-state index contributed by atoms with van der Waals surface area (Å²) in [6.07, 6.45) is 5.32. The molecule has 0 aromatic heterocycles. The standard InChI is InChI=1S/C18H27ClN2O4S/c1-25-13-5-12-20-18(22)14-21(16-6-3-2-4-7-16)26(23,24)17-10-8-15(19)9-11-17/h8-11,16H,2-7,12-14H2,1H3,(H,20,22). The van der Waals surface area contributed by atoms with E-state index in [0.717, 1.165) is 32.1 Å². The van der Waals surface area contributed by atoms with E-state index in [-0.39, 0.29) is 23.4 Å². The minimum absolute atomic E-state index is 0.144. The maximum Gasteiger partial charge on any atom is 0.243 e. The molecule has 0 bridgehead atoms. The van der Waals surface area contributed by atoms with Crippen LogP contribution in [0.2, 0.25) is 5.02 Å². The Morgan fingerprint density at radius 2 is 1.88 bits per heavy atom. The van der Waals surface area contributed by atoms with Crippen LogP contribution in [0.4, 0.5) is 0 Å². The average molecular weight is 403 g/mol. The molecule has 0 spiro atoms. The van der Waals surface area contributed by atoms with Gasteiger partial charge in [-0.2, -0.15) is 4.31 Å². The number of methoxy groups -OCH3 is 1. The van der Waals surface area contributed by atoms with Gasteiger partial charge in [0.15, 0.2) is 0 Å². The summed E-state index contributed by atoms with van der Waals surface area (Å²) < 4.78 is 32.6. The van der Waals surface area contributed by atoms with Gasteiger partial charge in [0, 0.05) is 31.3 Å². The molecule has 6 nitrogen and oxygen atoms in total. The summed E-state index contributed by atoms with van der Waals surface area (Å²) in [5, 5.41) is 3.25. The van der Waals surface area contributed by atoms with Gasteiger partial charge < -0.3 is 10.1 Å². The quantitative estimate of drug-likeness (QED) is 0.644. The van der Waals surface area contributed by atoms with Crippen molar-refractivity contribution in [2.45, 2.75) is 49.5 Å². The van der Waals surface area contributed by atoms with Crippen molar-refractivity contribution in [2.24, 2.45) is 0 Å². The monoisotopic (exact) mass is 402 g/mol. The van der Waals surface area contributed by atoms with Gasteiger partial charge in [0.2, 0.25) is 15.9 Å². The first-order valence-electron chi connectivity index (χ1n) is 8.98. The Labute approximate surface area is 160 Å². The van der Waals surface area contributed by atoms with Crippen molar-refractivity contribution in [3.63, 3.8) is 0 Å². The largest absolute Gasteiger partial charge is 0.385 e. The molecule has 1 amide bonds. The molecule has 8 heteroatoms. The van der Waals surface area contributed by atoms with Crippen molar-refractivity contribution >= 4 is 27.5 Å². The van der Waals surface area contributed by atoms with E-state index >= 15 is 0 Å². The fourth-order valence-corrected chi connectivity index (χ4v) is 4.93. The van der Waals surface area contributed by atoms with Crippen molar-refractivity contribution in [3.05, 3.63) is 29.3 Å². The zero-order valence-electron chi connectivity index (χ0n) is 15.1. The van der Waals surface area contributed by atoms with Crippen molar-refractivity contribution in [2.75, 3.05) is 26.8 Å².